The molecule has 2 atom stereocenters. The molecule has 0 spiro atoms. The van der Waals surface area contributed by atoms with Crippen molar-refractivity contribution in [2.45, 2.75) is 39.8 Å². The summed E-state index contributed by atoms with van der Waals surface area (Å²) in [6.45, 7) is 5.76. The van der Waals surface area contributed by atoms with E-state index in [4.69, 9.17) is 4.74 Å². The van der Waals surface area contributed by atoms with E-state index in [0.717, 1.165) is 0 Å². The van der Waals surface area contributed by atoms with E-state index in [1.807, 2.05) is 6.92 Å². The van der Waals surface area contributed by atoms with Crippen LogP contribution in [0.5, 0.6) is 0 Å². The van der Waals surface area contributed by atoms with Gasteiger partial charge in [-0.25, -0.2) is 9.78 Å². The third-order valence-electron chi connectivity index (χ3n) is 3.08. The molecule has 0 aliphatic rings. The van der Waals surface area contributed by atoms with Gasteiger partial charge >= 0.3 is 5.97 Å². The minimum Gasteiger partial charge on any atom is -0.480 e. The summed E-state index contributed by atoms with van der Waals surface area (Å²) in [5.74, 6) is -1.55. The van der Waals surface area contributed by atoms with Crippen molar-refractivity contribution < 1.29 is 19.4 Å². The van der Waals surface area contributed by atoms with Crippen molar-refractivity contribution >= 4 is 23.2 Å². The molecule has 0 bridgehead atoms. The van der Waals surface area contributed by atoms with Gasteiger partial charge < -0.3 is 15.2 Å². The van der Waals surface area contributed by atoms with Crippen LogP contribution in [0.2, 0.25) is 0 Å². The van der Waals surface area contributed by atoms with Gasteiger partial charge in [0.1, 0.15) is 15.9 Å². The molecule has 1 aromatic heterocycles. The van der Waals surface area contributed by atoms with Gasteiger partial charge in [-0.2, -0.15) is 0 Å². The highest BCUT2D eigenvalue weighted by atomic mass is 32.1. The van der Waals surface area contributed by atoms with E-state index in [-0.39, 0.29) is 5.92 Å². The van der Waals surface area contributed by atoms with Crippen LogP contribution in [-0.2, 0) is 16.1 Å². The average Bonchev–Trinajstić information content (AvgIpc) is 2.76. The van der Waals surface area contributed by atoms with Crippen molar-refractivity contribution in [3.8, 4) is 0 Å². The first-order valence-corrected chi connectivity index (χ1v) is 7.21. The summed E-state index contributed by atoms with van der Waals surface area (Å²) in [7, 11) is 1.56. The van der Waals surface area contributed by atoms with Crippen LogP contribution in [0.4, 0.5) is 0 Å². The molecule has 0 aliphatic carbocycles. The Morgan fingerprint density at radius 3 is 2.65 bits per heavy atom. The molecular weight excluding hydrogens is 280 g/mol. The van der Waals surface area contributed by atoms with E-state index in [0.29, 0.717) is 28.6 Å². The lowest BCUT2D eigenvalue weighted by molar-refractivity contribution is -0.140. The molecule has 0 unspecified atom stereocenters. The number of carbonyl (C=O) groups is 2. The van der Waals surface area contributed by atoms with Crippen LogP contribution in [0.1, 0.15) is 40.6 Å². The Hall–Kier alpha value is -1.47. The fraction of sp³-hybridized carbons (Fsp3) is 0.615. The Morgan fingerprint density at radius 2 is 2.15 bits per heavy atom. The van der Waals surface area contributed by atoms with Crippen LogP contribution in [0.3, 0.4) is 0 Å². The van der Waals surface area contributed by atoms with E-state index in [2.05, 4.69) is 10.3 Å². The number of hydrogen-bond acceptors (Lipinski definition) is 5. The highest BCUT2D eigenvalue weighted by Gasteiger charge is 2.27. The summed E-state index contributed by atoms with van der Waals surface area (Å²) in [5.41, 5.74) is 0.591. The topological polar surface area (TPSA) is 88.5 Å². The molecule has 0 saturated heterocycles. The number of nitrogens with zero attached hydrogens (tertiary/aromatic N) is 1. The maximum Gasteiger partial charge on any atom is 0.326 e. The van der Waals surface area contributed by atoms with Crippen LogP contribution >= 0.6 is 11.3 Å². The molecule has 0 fully saturated rings. The van der Waals surface area contributed by atoms with E-state index >= 15 is 0 Å². The molecule has 0 radical (unpaired) electrons. The molecule has 1 heterocycles. The van der Waals surface area contributed by atoms with E-state index in [1.54, 1.807) is 21.0 Å². The monoisotopic (exact) mass is 300 g/mol. The number of carboxylic acid groups (broad SMARTS) is 1. The quantitative estimate of drug-likeness (QED) is 0.802. The number of aromatic nitrogens is 1. The lowest BCUT2D eigenvalue weighted by atomic mass is 9.99. The zero-order chi connectivity index (χ0) is 15.3. The summed E-state index contributed by atoms with van der Waals surface area (Å²) in [6, 6.07) is -0.889. The van der Waals surface area contributed by atoms with Crippen molar-refractivity contribution in [1.29, 1.82) is 0 Å². The van der Waals surface area contributed by atoms with Crippen LogP contribution in [0.25, 0.3) is 0 Å². The highest BCUT2D eigenvalue weighted by molar-refractivity contribution is 7.13. The lowest BCUT2D eigenvalue weighted by Crippen LogP contribution is -2.44. The molecule has 1 aromatic rings. The Kier molecular flexibility index (Phi) is 6.09. The van der Waals surface area contributed by atoms with E-state index in [1.165, 1.54) is 11.3 Å². The average molecular weight is 300 g/mol. The molecule has 112 valence electrons. The number of methoxy groups -OCH3 is 1. The van der Waals surface area contributed by atoms with Gasteiger partial charge in [0.2, 0.25) is 0 Å². The van der Waals surface area contributed by atoms with Crippen LogP contribution in [-0.4, -0.2) is 35.1 Å². The number of hydrogen-bond donors (Lipinski definition) is 2. The van der Waals surface area contributed by atoms with Gasteiger partial charge in [-0.3, -0.25) is 4.79 Å². The Bertz CT molecular complexity index is 487. The zero-order valence-corrected chi connectivity index (χ0v) is 12.9. The first kappa shape index (κ1) is 16.6. The number of carbonyl (C=O) groups excluding carboxylic acids is 1. The largest absolute Gasteiger partial charge is 0.480 e. The fourth-order valence-electron chi connectivity index (χ4n) is 1.74. The van der Waals surface area contributed by atoms with Crippen LogP contribution in [0, 0.1) is 12.8 Å². The minimum atomic E-state index is -1.02. The molecule has 20 heavy (non-hydrogen) atoms. The van der Waals surface area contributed by atoms with Gasteiger partial charge in [-0.15, -0.1) is 11.3 Å². The zero-order valence-electron chi connectivity index (χ0n) is 12.1. The van der Waals surface area contributed by atoms with Crippen molar-refractivity contribution in [3.63, 3.8) is 0 Å². The second-order valence-electron chi connectivity index (χ2n) is 4.63. The maximum atomic E-state index is 12.2. The standard InChI is InChI=1S/C13H20N2O4S/c1-5-7(2)10(13(17)18)15-12(16)11-8(3)14-9(20-11)6-19-4/h7,10H,5-6H2,1-4H3,(H,15,16)(H,17,18)/t7-,10-/m0/s1. The molecule has 0 aliphatic heterocycles. The second-order valence-corrected chi connectivity index (χ2v) is 5.71. The summed E-state index contributed by atoms with van der Waals surface area (Å²) < 4.78 is 4.97. The molecule has 0 saturated carbocycles. The normalized spacial score (nSPS) is 13.8. The Balaban J connectivity index is 2.86. The summed E-state index contributed by atoms with van der Waals surface area (Å²) in [5, 5.41) is 12.5. The summed E-state index contributed by atoms with van der Waals surface area (Å²) in [6.07, 6.45) is 0.674. The molecule has 1 rings (SSSR count). The third-order valence-corrected chi connectivity index (χ3v) is 4.21. The smallest absolute Gasteiger partial charge is 0.326 e. The fourth-order valence-corrected chi connectivity index (χ4v) is 2.68. The minimum absolute atomic E-state index is 0.136. The van der Waals surface area contributed by atoms with Crippen molar-refractivity contribution in [3.05, 3.63) is 15.6 Å². The lowest BCUT2D eigenvalue weighted by Gasteiger charge is -2.19. The molecule has 0 aromatic carbocycles. The molecule has 6 nitrogen and oxygen atoms in total. The number of thiazole rings is 1. The second kappa shape index (κ2) is 7.35. The first-order valence-electron chi connectivity index (χ1n) is 6.39. The van der Waals surface area contributed by atoms with Crippen molar-refractivity contribution in [1.82, 2.24) is 10.3 Å². The van der Waals surface area contributed by atoms with E-state index < -0.39 is 17.9 Å². The SMILES string of the molecule is CC[C@H](C)[C@H](NC(=O)c1sc(COC)nc1C)C(=O)O. The number of aryl methyl sites for hydroxylation is 1. The van der Waals surface area contributed by atoms with Crippen molar-refractivity contribution in [2.24, 2.45) is 5.92 Å². The summed E-state index contributed by atoms with van der Waals surface area (Å²) >= 11 is 1.22. The van der Waals surface area contributed by atoms with Crippen LogP contribution in [0.15, 0.2) is 0 Å². The maximum absolute atomic E-state index is 12.2. The van der Waals surface area contributed by atoms with Gasteiger partial charge in [0, 0.05) is 7.11 Å². The van der Waals surface area contributed by atoms with E-state index in [9.17, 15) is 14.7 Å². The molecular formula is C13H20N2O4S. The predicted molar refractivity (Wildman–Crippen MR) is 75.9 cm³/mol. The Morgan fingerprint density at radius 1 is 1.50 bits per heavy atom. The Labute approximate surface area is 122 Å². The molecule has 7 heteroatoms. The number of aliphatic carboxylic acids is 1. The van der Waals surface area contributed by atoms with Gasteiger partial charge in [0.05, 0.1) is 12.3 Å². The summed E-state index contributed by atoms with van der Waals surface area (Å²) in [4.78, 5) is 28.0. The van der Waals surface area contributed by atoms with Crippen LogP contribution < -0.4 is 5.32 Å². The number of nitrogens with one attached hydrogen (secondary N) is 1. The number of amides is 1. The number of rotatable bonds is 7. The molecule has 1 amide bonds. The third kappa shape index (κ3) is 4.01. The molecule has 2 N–H and O–H groups in total. The van der Waals surface area contributed by atoms with Gasteiger partial charge in [-0.05, 0) is 12.8 Å². The van der Waals surface area contributed by atoms with Gasteiger partial charge in [0.15, 0.2) is 0 Å². The van der Waals surface area contributed by atoms with Crippen molar-refractivity contribution in [2.75, 3.05) is 7.11 Å². The van der Waals surface area contributed by atoms with Gasteiger partial charge in [-0.1, -0.05) is 20.3 Å². The predicted octanol–water partition coefficient (Wildman–Crippen LogP) is 1.83. The number of ether oxygens (including phenoxy) is 1. The highest BCUT2D eigenvalue weighted by Crippen LogP contribution is 2.19. The first-order chi connectivity index (χ1) is 9.40. The van der Waals surface area contributed by atoms with Gasteiger partial charge in [0.25, 0.3) is 5.91 Å². The number of carboxylic acids is 1.